The van der Waals surface area contributed by atoms with Gasteiger partial charge < -0.3 is 9.84 Å². The summed E-state index contributed by atoms with van der Waals surface area (Å²) in [6, 6.07) is 10.4. The first-order chi connectivity index (χ1) is 15.5. The van der Waals surface area contributed by atoms with Gasteiger partial charge in [0.05, 0.1) is 11.4 Å². The van der Waals surface area contributed by atoms with Crippen molar-refractivity contribution in [2.24, 2.45) is 0 Å². The number of thioether (sulfide) groups is 1. The molecule has 1 N–H and O–H groups in total. The van der Waals surface area contributed by atoms with Gasteiger partial charge >= 0.3 is 0 Å². The molecule has 2 aromatic carbocycles. The molecule has 10 heteroatoms. The Kier molecular flexibility index (Phi) is 6.91. The van der Waals surface area contributed by atoms with Crippen molar-refractivity contribution in [1.29, 1.82) is 0 Å². The van der Waals surface area contributed by atoms with Gasteiger partial charge in [-0.05, 0) is 48.9 Å². The summed E-state index contributed by atoms with van der Waals surface area (Å²) in [5.41, 5.74) is 2.86. The highest BCUT2D eigenvalue weighted by atomic mass is 32.2. The van der Waals surface area contributed by atoms with E-state index in [-0.39, 0.29) is 24.6 Å². The predicted molar refractivity (Wildman–Crippen MR) is 119 cm³/mol. The van der Waals surface area contributed by atoms with Crippen molar-refractivity contribution in [3.63, 3.8) is 0 Å². The van der Waals surface area contributed by atoms with Gasteiger partial charge in [0.25, 0.3) is 0 Å². The Morgan fingerprint density at radius 1 is 1.12 bits per heavy atom. The average Bonchev–Trinajstić information content (AvgIpc) is 3.43. The van der Waals surface area contributed by atoms with Crippen LogP contribution in [0.25, 0.3) is 11.3 Å². The normalized spacial score (nSPS) is 11.0. The van der Waals surface area contributed by atoms with Crippen LogP contribution in [0.5, 0.6) is 0 Å². The average molecular weight is 473 g/mol. The number of halogens is 2. The second kappa shape index (κ2) is 10.0. The monoisotopic (exact) mass is 472 g/mol. The summed E-state index contributed by atoms with van der Waals surface area (Å²) < 4.78 is 32.5. The van der Waals surface area contributed by atoms with Crippen molar-refractivity contribution in [2.45, 2.75) is 29.9 Å². The molecule has 0 aliphatic rings. The molecular formula is C22H18F2N4O2S2. The maximum atomic E-state index is 13.3. The number of amides is 1. The van der Waals surface area contributed by atoms with Gasteiger partial charge in [-0.15, -0.1) is 11.3 Å². The first-order valence-electron chi connectivity index (χ1n) is 9.68. The van der Waals surface area contributed by atoms with Gasteiger partial charge in [-0.25, -0.2) is 13.8 Å². The van der Waals surface area contributed by atoms with E-state index >= 15 is 0 Å². The second-order valence-corrected chi connectivity index (χ2v) is 8.99. The van der Waals surface area contributed by atoms with Gasteiger partial charge in [0.15, 0.2) is 10.2 Å². The second-order valence-electron chi connectivity index (χ2n) is 6.91. The molecule has 164 valence electrons. The lowest BCUT2D eigenvalue weighted by atomic mass is 10.2. The number of rotatable bonds is 8. The smallest absolute Gasteiger partial charge is 0.227 e. The molecule has 0 fully saturated rings. The van der Waals surface area contributed by atoms with Crippen LogP contribution in [-0.2, 0) is 17.0 Å². The van der Waals surface area contributed by atoms with Gasteiger partial charge in [0.2, 0.25) is 11.8 Å². The highest BCUT2D eigenvalue weighted by Crippen LogP contribution is 2.30. The summed E-state index contributed by atoms with van der Waals surface area (Å²) in [7, 11) is 0. The number of thiazole rings is 1. The van der Waals surface area contributed by atoms with E-state index < -0.39 is 5.82 Å². The van der Waals surface area contributed by atoms with Crippen LogP contribution in [0.15, 0.2) is 56.7 Å². The molecule has 0 aliphatic carbocycles. The van der Waals surface area contributed by atoms with Crippen LogP contribution in [0.2, 0.25) is 0 Å². The van der Waals surface area contributed by atoms with E-state index in [1.54, 1.807) is 25.1 Å². The molecule has 0 saturated heterocycles. The van der Waals surface area contributed by atoms with Crippen molar-refractivity contribution in [1.82, 2.24) is 15.1 Å². The minimum atomic E-state index is -0.407. The van der Waals surface area contributed by atoms with Crippen LogP contribution < -0.4 is 5.32 Å². The number of nitrogens with one attached hydrogen (secondary N) is 1. The molecule has 1 amide bonds. The van der Waals surface area contributed by atoms with E-state index in [2.05, 4.69) is 20.4 Å². The highest BCUT2D eigenvalue weighted by molar-refractivity contribution is 8.00. The topological polar surface area (TPSA) is 80.9 Å². The molecule has 0 atom stereocenters. The van der Waals surface area contributed by atoms with E-state index in [4.69, 9.17) is 4.52 Å². The van der Waals surface area contributed by atoms with E-state index in [1.165, 1.54) is 47.4 Å². The summed E-state index contributed by atoms with van der Waals surface area (Å²) in [5, 5.41) is 8.55. The van der Waals surface area contributed by atoms with Crippen molar-refractivity contribution in [3.05, 3.63) is 76.8 Å². The summed E-state index contributed by atoms with van der Waals surface area (Å²) in [5.74, 6) is 0.379. The minimum Gasteiger partial charge on any atom is -0.339 e. The number of carbonyl (C=O) groups excluding carboxylic acids is 1. The molecule has 4 aromatic rings. The van der Waals surface area contributed by atoms with Crippen LogP contribution in [0.3, 0.4) is 0 Å². The Morgan fingerprint density at radius 2 is 1.91 bits per heavy atom. The SMILES string of the molecule is Cc1ccc(F)cc1NC(=O)CCc1nc(CSc2nc(-c3ccc(F)cc3)cs2)no1. The molecule has 0 spiro atoms. The molecular weight excluding hydrogens is 454 g/mol. The first kappa shape index (κ1) is 22.1. The Morgan fingerprint density at radius 3 is 2.72 bits per heavy atom. The standard InChI is InChI=1S/C22H18F2N4O2S2/c1-13-2-5-16(24)10-17(13)25-20(29)8-9-21-27-19(28-30-21)12-32-22-26-18(11-31-22)14-3-6-15(23)7-4-14/h2-7,10-11H,8-9,12H2,1H3,(H,25,29). The summed E-state index contributed by atoms with van der Waals surface area (Å²) >= 11 is 2.95. The van der Waals surface area contributed by atoms with Crippen LogP contribution >= 0.6 is 23.1 Å². The number of nitrogens with zero attached hydrogens (tertiary/aromatic N) is 3. The summed E-state index contributed by atoms with van der Waals surface area (Å²) in [4.78, 5) is 21.0. The van der Waals surface area contributed by atoms with Crippen molar-refractivity contribution in [3.8, 4) is 11.3 Å². The molecule has 0 bridgehead atoms. The van der Waals surface area contributed by atoms with Crippen LogP contribution in [0, 0.1) is 18.6 Å². The van der Waals surface area contributed by atoms with Crippen LogP contribution in [0.1, 0.15) is 23.7 Å². The minimum absolute atomic E-state index is 0.137. The lowest BCUT2D eigenvalue weighted by Crippen LogP contribution is -2.13. The molecule has 0 radical (unpaired) electrons. The Labute approximate surface area is 191 Å². The molecule has 2 heterocycles. The van der Waals surface area contributed by atoms with Crippen LogP contribution in [0.4, 0.5) is 14.5 Å². The van der Waals surface area contributed by atoms with Crippen molar-refractivity contribution < 1.29 is 18.1 Å². The lowest BCUT2D eigenvalue weighted by molar-refractivity contribution is -0.116. The molecule has 2 aromatic heterocycles. The van der Waals surface area contributed by atoms with E-state index in [1.807, 2.05) is 5.38 Å². The highest BCUT2D eigenvalue weighted by Gasteiger charge is 2.12. The molecule has 32 heavy (non-hydrogen) atoms. The fraction of sp³-hybridized carbons (Fsp3) is 0.182. The molecule has 6 nitrogen and oxygen atoms in total. The fourth-order valence-electron chi connectivity index (χ4n) is 2.82. The maximum absolute atomic E-state index is 13.3. The number of aryl methyl sites for hydroxylation is 2. The number of aromatic nitrogens is 3. The Balaban J connectivity index is 1.26. The number of anilines is 1. The number of benzene rings is 2. The van der Waals surface area contributed by atoms with E-state index in [0.717, 1.165) is 21.2 Å². The quantitative estimate of drug-likeness (QED) is 0.334. The Bertz CT molecular complexity index is 1220. The van der Waals surface area contributed by atoms with Gasteiger partial charge in [0, 0.05) is 29.5 Å². The molecule has 0 saturated carbocycles. The van der Waals surface area contributed by atoms with Crippen molar-refractivity contribution >= 4 is 34.7 Å². The fourth-order valence-corrected chi connectivity index (χ4v) is 4.49. The first-order valence-corrected chi connectivity index (χ1v) is 11.5. The molecule has 0 aliphatic heterocycles. The van der Waals surface area contributed by atoms with Gasteiger partial charge in [0.1, 0.15) is 11.6 Å². The summed E-state index contributed by atoms with van der Waals surface area (Å²) in [6.07, 6.45) is 0.419. The Hall–Kier alpha value is -3.11. The number of hydrogen-bond donors (Lipinski definition) is 1. The third-order valence-corrected chi connectivity index (χ3v) is 6.51. The number of carbonyl (C=O) groups is 1. The third-order valence-electron chi connectivity index (χ3n) is 4.50. The maximum Gasteiger partial charge on any atom is 0.227 e. The largest absolute Gasteiger partial charge is 0.339 e. The van der Waals surface area contributed by atoms with E-state index in [9.17, 15) is 13.6 Å². The van der Waals surface area contributed by atoms with Gasteiger partial charge in [-0.1, -0.05) is 23.0 Å². The van der Waals surface area contributed by atoms with Gasteiger partial charge in [-0.3, -0.25) is 4.79 Å². The van der Waals surface area contributed by atoms with Gasteiger partial charge in [-0.2, -0.15) is 4.98 Å². The summed E-state index contributed by atoms with van der Waals surface area (Å²) in [6.45, 7) is 1.79. The number of hydrogen-bond acceptors (Lipinski definition) is 7. The zero-order chi connectivity index (χ0) is 22.5. The molecule has 4 rings (SSSR count). The van der Waals surface area contributed by atoms with E-state index in [0.29, 0.717) is 23.2 Å². The molecule has 0 unspecified atom stereocenters. The zero-order valence-corrected chi connectivity index (χ0v) is 18.6. The zero-order valence-electron chi connectivity index (χ0n) is 17.0. The third kappa shape index (κ3) is 5.77. The van der Waals surface area contributed by atoms with Crippen molar-refractivity contribution in [2.75, 3.05) is 5.32 Å². The lowest BCUT2D eigenvalue weighted by Gasteiger charge is -2.07. The predicted octanol–water partition coefficient (Wildman–Crippen LogP) is 5.64. The van der Waals surface area contributed by atoms with Crippen LogP contribution in [-0.4, -0.2) is 21.0 Å².